The van der Waals surface area contributed by atoms with Gasteiger partial charge in [0.1, 0.15) is 5.82 Å². The molecule has 3 heterocycles. The first-order valence-electron chi connectivity index (χ1n) is 10.5. The number of nitriles is 1. The molecular formula is C24H20N6O3. The molecule has 9 heteroatoms. The molecule has 0 saturated carbocycles. The van der Waals surface area contributed by atoms with Gasteiger partial charge in [0.2, 0.25) is 0 Å². The van der Waals surface area contributed by atoms with Crippen LogP contribution in [0, 0.1) is 28.4 Å². The molecular weight excluding hydrogens is 420 g/mol. The Bertz CT molecular complexity index is 1440. The van der Waals surface area contributed by atoms with E-state index in [2.05, 4.69) is 11.0 Å². The molecule has 4 aromatic rings. The van der Waals surface area contributed by atoms with E-state index >= 15 is 0 Å². The second kappa shape index (κ2) is 8.33. The van der Waals surface area contributed by atoms with Gasteiger partial charge in [-0.05, 0) is 42.8 Å². The van der Waals surface area contributed by atoms with Crippen molar-refractivity contribution in [2.75, 3.05) is 31.2 Å². The Morgan fingerprint density at radius 3 is 2.61 bits per heavy atom. The minimum atomic E-state index is -0.461. The van der Waals surface area contributed by atoms with Gasteiger partial charge in [-0.25, -0.2) is 9.50 Å². The molecule has 164 valence electrons. The lowest BCUT2D eigenvalue weighted by Gasteiger charge is -2.28. The van der Waals surface area contributed by atoms with Gasteiger partial charge in [0, 0.05) is 36.2 Å². The molecule has 5 rings (SSSR count). The molecule has 9 nitrogen and oxygen atoms in total. The third-order valence-corrected chi connectivity index (χ3v) is 5.78. The highest BCUT2D eigenvalue weighted by Crippen LogP contribution is 2.31. The maximum Gasteiger partial charge on any atom is 0.269 e. The van der Waals surface area contributed by atoms with Gasteiger partial charge >= 0.3 is 0 Å². The van der Waals surface area contributed by atoms with E-state index in [1.165, 1.54) is 12.1 Å². The predicted octanol–water partition coefficient (Wildman–Crippen LogP) is 4.00. The van der Waals surface area contributed by atoms with E-state index in [1.807, 2.05) is 35.7 Å². The fraction of sp³-hybridized carbons (Fsp3) is 0.208. The number of nitro benzene ring substituents is 1. The molecule has 2 aromatic carbocycles. The number of aromatic nitrogens is 3. The Hall–Kier alpha value is -4.29. The van der Waals surface area contributed by atoms with Crippen LogP contribution in [0.2, 0.25) is 0 Å². The highest BCUT2D eigenvalue weighted by molar-refractivity contribution is 5.96. The van der Waals surface area contributed by atoms with Crippen LogP contribution in [0.1, 0.15) is 16.8 Å². The van der Waals surface area contributed by atoms with Gasteiger partial charge in [0.05, 0.1) is 41.0 Å². The van der Waals surface area contributed by atoms with E-state index in [0.29, 0.717) is 30.0 Å². The molecule has 0 bridgehead atoms. The van der Waals surface area contributed by atoms with Gasteiger partial charge in [-0.15, -0.1) is 0 Å². The Labute approximate surface area is 189 Å². The molecule has 0 amide bonds. The number of benzene rings is 2. The highest BCUT2D eigenvalue weighted by atomic mass is 16.6. The van der Waals surface area contributed by atoms with Crippen LogP contribution in [-0.2, 0) is 4.74 Å². The Kier molecular flexibility index (Phi) is 5.20. The minimum Gasteiger partial charge on any atom is -0.378 e. The molecule has 0 N–H and O–H groups in total. The van der Waals surface area contributed by atoms with E-state index in [9.17, 15) is 15.4 Å². The molecule has 0 aliphatic carbocycles. The van der Waals surface area contributed by atoms with E-state index in [4.69, 9.17) is 14.8 Å². The number of nitro groups is 1. The van der Waals surface area contributed by atoms with Crippen molar-refractivity contribution in [1.82, 2.24) is 14.6 Å². The largest absolute Gasteiger partial charge is 0.378 e. The van der Waals surface area contributed by atoms with Crippen molar-refractivity contribution < 1.29 is 9.66 Å². The third-order valence-electron chi connectivity index (χ3n) is 5.78. The number of hydrogen-bond donors (Lipinski definition) is 0. The lowest BCUT2D eigenvalue weighted by atomic mass is 10.0. The number of allylic oxidation sites excluding steroid dienone is 1. The van der Waals surface area contributed by atoms with Crippen molar-refractivity contribution in [3.8, 4) is 6.07 Å². The quantitative estimate of drug-likeness (QED) is 0.268. The summed E-state index contributed by atoms with van der Waals surface area (Å²) in [5.74, 6) is 0.866. The summed E-state index contributed by atoms with van der Waals surface area (Å²) in [5.41, 5.74) is 4.02. The Balaban J connectivity index is 1.69. The molecule has 0 unspecified atom stereocenters. The topological polar surface area (TPSA) is 110 Å². The van der Waals surface area contributed by atoms with E-state index in [-0.39, 0.29) is 5.69 Å². The van der Waals surface area contributed by atoms with Crippen molar-refractivity contribution in [1.29, 1.82) is 5.26 Å². The summed E-state index contributed by atoms with van der Waals surface area (Å²) >= 11 is 0. The van der Waals surface area contributed by atoms with Gasteiger partial charge in [-0.1, -0.05) is 12.1 Å². The van der Waals surface area contributed by atoms with Crippen LogP contribution in [0.4, 0.5) is 11.5 Å². The molecule has 1 aliphatic rings. The van der Waals surface area contributed by atoms with E-state index in [0.717, 1.165) is 41.1 Å². The third kappa shape index (κ3) is 3.66. The summed E-state index contributed by atoms with van der Waals surface area (Å²) < 4.78 is 7.32. The predicted molar refractivity (Wildman–Crippen MR) is 125 cm³/mol. The Morgan fingerprint density at radius 1 is 1.18 bits per heavy atom. The average Bonchev–Trinajstić information content (AvgIpc) is 3.17. The summed E-state index contributed by atoms with van der Waals surface area (Å²) in [6, 6.07) is 16.2. The van der Waals surface area contributed by atoms with Crippen LogP contribution in [-0.4, -0.2) is 45.8 Å². The number of rotatable bonds is 4. The lowest BCUT2D eigenvalue weighted by Crippen LogP contribution is -2.37. The van der Waals surface area contributed by atoms with Crippen molar-refractivity contribution in [3.63, 3.8) is 0 Å². The monoisotopic (exact) mass is 440 g/mol. The van der Waals surface area contributed by atoms with Crippen molar-refractivity contribution in [2.45, 2.75) is 6.92 Å². The first-order valence-corrected chi connectivity index (χ1v) is 10.5. The van der Waals surface area contributed by atoms with Crippen LogP contribution < -0.4 is 4.90 Å². The van der Waals surface area contributed by atoms with Crippen molar-refractivity contribution in [3.05, 3.63) is 75.5 Å². The van der Waals surface area contributed by atoms with E-state index in [1.54, 1.807) is 18.2 Å². The SMILES string of the molecule is Cc1nn2c(nc(N3CCOCC3)c3ccccc32)c1/C=C(\C#N)c1ccc([N+](=O)[O-])cc1. The molecule has 0 radical (unpaired) electrons. The van der Waals surface area contributed by atoms with Gasteiger partial charge in [0.15, 0.2) is 5.65 Å². The molecule has 0 atom stereocenters. The number of ether oxygens (including phenoxy) is 1. The second-order valence-electron chi connectivity index (χ2n) is 7.76. The summed E-state index contributed by atoms with van der Waals surface area (Å²) in [5, 5.41) is 26.5. The smallest absolute Gasteiger partial charge is 0.269 e. The molecule has 1 saturated heterocycles. The van der Waals surface area contributed by atoms with Gasteiger partial charge < -0.3 is 9.64 Å². The normalized spacial score (nSPS) is 14.5. The Morgan fingerprint density at radius 2 is 1.91 bits per heavy atom. The molecule has 0 spiro atoms. The van der Waals surface area contributed by atoms with Crippen LogP contribution in [0.5, 0.6) is 0 Å². The number of morpholine rings is 1. The number of nitrogens with zero attached hydrogens (tertiary/aromatic N) is 6. The maximum atomic E-state index is 11.0. The summed E-state index contributed by atoms with van der Waals surface area (Å²) in [4.78, 5) is 17.7. The fourth-order valence-corrected chi connectivity index (χ4v) is 4.08. The maximum absolute atomic E-state index is 11.0. The number of aryl methyl sites for hydroxylation is 1. The fourth-order valence-electron chi connectivity index (χ4n) is 4.08. The van der Waals surface area contributed by atoms with Crippen molar-refractivity contribution >= 4 is 39.7 Å². The van der Waals surface area contributed by atoms with Crippen LogP contribution in [0.25, 0.3) is 28.2 Å². The number of para-hydroxylation sites is 1. The molecule has 33 heavy (non-hydrogen) atoms. The zero-order chi connectivity index (χ0) is 22.9. The number of non-ortho nitro benzene ring substituents is 1. The standard InChI is InChI=1S/C24H20N6O3/c1-16-21(14-18(15-25)17-6-8-19(9-7-17)30(31)32)24-26-23(28-10-12-33-13-11-28)20-4-2-3-5-22(20)29(24)27-16/h2-9,14H,10-13H2,1H3/b18-14+. The summed E-state index contributed by atoms with van der Waals surface area (Å²) in [6.45, 7) is 4.67. The average molecular weight is 440 g/mol. The van der Waals surface area contributed by atoms with Crippen LogP contribution >= 0.6 is 0 Å². The van der Waals surface area contributed by atoms with Gasteiger partial charge in [-0.3, -0.25) is 10.1 Å². The van der Waals surface area contributed by atoms with E-state index < -0.39 is 4.92 Å². The molecule has 2 aromatic heterocycles. The van der Waals surface area contributed by atoms with Gasteiger partial charge in [0.25, 0.3) is 5.69 Å². The molecule has 1 aliphatic heterocycles. The minimum absolute atomic E-state index is 0.0218. The first kappa shape index (κ1) is 20.6. The summed E-state index contributed by atoms with van der Waals surface area (Å²) in [7, 11) is 0. The van der Waals surface area contributed by atoms with Gasteiger partial charge in [-0.2, -0.15) is 10.4 Å². The number of hydrogen-bond acceptors (Lipinski definition) is 7. The van der Waals surface area contributed by atoms with Crippen molar-refractivity contribution in [2.24, 2.45) is 0 Å². The van der Waals surface area contributed by atoms with Crippen LogP contribution in [0.15, 0.2) is 48.5 Å². The number of anilines is 1. The van der Waals surface area contributed by atoms with Crippen LogP contribution in [0.3, 0.4) is 0 Å². The lowest BCUT2D eigenvalue weighted by molar-refractivity contribution is -0.384. The zero-order valence-electron chi connectivity index (χ0n) is 17.9. The number of fused-ring (bicyclic) bond motifs is 3. The second-order valence-corrected chi connectivity index (χ2v) is 7.76. The highest BCUT2D eigenvalue weighted by Gasteiger charge is 2.20. The summed E-state index contributed by atoms with van der Waals surface area (Å²) in [6.07, 6.45) is 1.75. The zero-order valence-corrected chi connectivity index (χ0v) is 17.9. The first-order chi connectivity index (χ1) is 16.1. The molecule has 1 fully saturated rings.